The number of carbonyl (C=O) groups is 1. The van der Waals surface area contributed by atoms with Gasteiger partial charge >= 0.3 is 5.97 Å². The molecule has 4 nitrogen and oxygen atoms in total. The van der Waals surface area contributed by atoms with Gasteiger partial charge in [0, 0.05) is 17.0 Å². The molecule has 2 N–H and O–H groups in total. The topological polar surface area (TPSA) is 58.6 Å². The van der Waals surface area contributed by atoms with Crippen molar-refractivity contribution in [1.82, 2.24) is 5.32 Å². The van der Waals surface area contributed by atoms with Crippen LogP contribution in [0.3, 0.4) is 0 Å². The van der Waals surface area contributed by atoms with Crippen molar-refractivity contribution in [3.8, 4) is 5.75 Å². The zero-order valence-corrected chi connectivity index (χ0v) is 13.2. The van der Waals surface area contributed by atoms with Crippen LogP contribution >= 0.6 is 11.3 Å². The third-order valence-corrected chi connectivity index (χ3v) is 4.39. The van der Waals surface area contributed by atoms with Crippen molar-refractivity contribution in [2.45, 2.75) is 25.9 Å². The summed E-state index contributed by atoms with van der Waals surface area (Å²) in [4.78, 5) is 12.9. The second-order valence-corrected chi connectivity index (χ2v) is 6.10. The summed E-state index contributed by atoms with van der Waals surface area (Å²) in [6.07, 6.45) is 0. The molecule has 1 aromatic carbocycles. The van der Waals surface area contributed by atoms with Gasteiger partial charge in [0.2, 0.25) is 0 Å². The Morgan fingerprint density at radius 3 is 2.76 bits per heavy atom. The summed E-state index contributed by atoms with van der Waals surface area (Å²) in [6, 6.07) is 9.50. The minimum atomic E-state index is -1.21. The molecule has 5 heteroatoms. The Bertz CT molecular complexity index is 624. The van der Waals surface area contributed by atoms with E-state index >= 15 is 0 Å². The van der Waals surface area contributed by atoms with Crippen LogP contribution in [-0.4, -0.2) is 18.2 Å². The standard InChI is InChI=1S/C16H19NO3S/c1-11-6-7-14(20-3)13(9-11)16(2,15(18)19)17-10-12-5-4-8-21-12/h4-9,17H,10H2,1-3H3,(H,18,19). The van der Waals surface area contributed by atoms with Gasteiger partial charge in [-0.2, -0.15) is 0 Å². The zero-order valence-electron chi connectivity index (χ0n) is 12.3. The molecular weight excluding hydrogens is 286 g/mol. The summed E-state index contributed by atoms with van der Waals surface area (Å²) in [5, 5.41) is 14.8. The summed E-state index contributed by atoms with van der Waals surface area (Å²) in [5.74, 6) is -0.355. The maximum atomic E-state index is 11.8. The Morgan fingerprint density at radius 1 is 1.43 bits per heavy atom. The normalized spacial score (nSPS) is 13.7. The van der Waals surface area contributed by atoms with Crippen LogP contribution in [0.15, 0.2) is 35.7 Å². The van der Waals surface area contributed by atoms with Crippen molar-refractivity contribution in [3.63, 3.8) is 0 Å². The number of methoxy groups -OCH3 is 1. The van der Waals surface area contributed by atoms with E-state index in [0.717, 1.165) is 10.4 Å². The molecule has 0 aliphatic carbocycles. The number of thiophene rings is 1. The van der Waals surface area contributed by atoms with Crippen LogP contribution in [0.4, 0.5) is 0 Å². The van der Waals surface area contributed by atoms with Crippen molar-refractivity contribution in [2.24, 2.45) is 0 Å². The molecule has 0 aliphatic rings. The van der Waals surface area contributed by atoms with E-state index < -0.39 is 11.5 Å². The predicted octanol–water partition coefficient (Wildman–Crippen LogP) is 3.15. The van der Waals surface area contributed by atoms with Gasteiger partial charge in [-0.1, -0.05) is 17.7 Å². The zero-order chi connectivity index (χ0) is 15.5. The van der Waals surface area contributed by atoms with Crippen molar-refractivity contribution in [1.29, 1.82) is 0 Å². The predicted molar refractivity (Wildman–Crippen MR) is 83.9 cm³/mol. The number of carboxylic acids is 1. The first-order chi connectivity index (χ1) is 9.97. The van der Waals surface area contributed by atoms with Gasteiger partial charge in [-0.05, 0) is 37.4 Å². The van der Waals surface area contributed by atoms with Crippen LogP contribution in [-0.2, 0) is 16.9 Å². The van der Waals surface area contributed by atoms with Gasteiger partial charge < -0.3 is 9.84 Å². The number of hydrogen-bond acceptors (Lipinski definition) is 4. The van der Waals surface area contributed by atoms with Gasteiger partial charge in [-0.25, -0.2) is 4.79 Å². The highest BCUT2D eigenvalue weighted by molar-refractivity contribution is 7.09. The average molecular weight is 305 g/mol. The molecule has 2 rings (SSSR count). The first kappa shape index (κ1) is 15.5. The van der Waals surface area contributed by atoms with E-state index in [1.807, 2.05) is 36.6 Å². The van der Waals surface area contributed by atoms with Crippen molar-refractivity contribution in [3.05, 3.63) is 51.7 Å². The quantitative estimate of drug-likeness (QED) is 0.860. The molecule has 1 heterocycles. The third-order valence-electron chi connectivity index (χ3n) is 3.52. The molecule has 1 unspecified atom stereocenters. The Morgan fingerprint density at radius 2 is 2.19 bits per heavy atom. The molecule has 0 saturated heterocycles. The number of ether oxygens (including phenoxy) is 1. The molecule has 0 spiro atoms. The van der Waals surface area contributed by atoms with E-state index in [1.54, 1.807) is 31.4 Å². The Labute approximate surface area is 128 Å². The molecule has 0 amide bonds. The lowest BCUT2D eigenvalue weighted by atomic mass is 9.90. The Hall–Kier alpha value is -1.85. The van der Waals surface area contributed by atoms with Gasteiger partial charge in [0.25, 0.3) is 0 Å². The molecule has 0 radical (unpaired) electrons. The fraction of sp³-hybridized carbons (Fsp3) is 0.312. The summed E-state index contributed by atoms with van der Waals surface area (Å²) in [6.45, 7) is 4.10. The lowest BCUT2D eigenvalue weighted by molar-refractivity contribution is -0.144. The number of carboxylic acid groups (broad SMARTS) is 1. The summed E-state index contributed by atoms with van der Waals surface area (Å²) >= 11 is 1.60. The number of rotatable bonds is 6. The first-order valence-electron chi connectivity index (χ1n) is 6.63. The monoisotopic (exact) mass is 305 g/mol. The summed E-state index contributed by atoms with van der Waals surface area (Å²) in [7, 11) is 1.55. The van der Waals surface area contributed by atoms with Gasteiger partial charge in [-0.15, -0.1) is 11.3 Å². The van der Waals surface area contributed by atoms with E-state index in [1.165, 1.54) is 0 Å². The molecule has 21 heavy (non-hydrogen) atoms. The molecule has 1 aromatic heterocycles. The lowest BCUT2D eigenvalue weighted by Gasteiger charge is -2.28. The molecule has 0 aliphatic heterocycles. The second-order valence-electron chi connectivity index (χ2n) is 5.07. The molecule has 112 valence electrons. The number of aliphatic carboxylic acids is 1. The fourth-order valence-corrected chi connectivity index (χ4v) is 2.82. The van der Waals surface area contributed by atoms with Gasteiger partial charge in [0.15, 0.2) is 0 Å². The van der Waals surface area contributed by atoms with Crippen molar-refractivity contribution in [2.75, 3.05) is 7.11 Å². The van der Waals surface area contributed by atoms with E-state index in [2.05, 4.69) is 5.32 Å². The third kappa shape index (κ3) is 3.25. The van der Waals surface area contributed by atoms with Gasteiger partial charge in [0.05, 0.1) is 7.11 Å². The molecule has 2 aromatic rings. The van der Waals surface area contributed by atoms with Crippen LogP contribution in [0.1, 0.15) is 22.9 Å². The first-order valence-corrected chi connectivity index (χ1v) is 7.51. The number of hydrogen-bond donors (Lipinski definition) is 2. The van der Waals surface area contributed by atoms with E-state index in [-0.39, 0.29) is 0 Å². The second kappa shape index (κ2) is 6.28. The minimum Gasteiger partial charge on any atom is -0.496 e. The van der Waals surface area contributed by atoms with Crippen molar-refractivity contribution >= 4 is 17.3 Å². The van der Waals surface area contributed by atoms with Crippen LogP contribution < -0.4 is 10.1 Å². The van der Waals surface area contributed by atoms with E-state index in [9.17, 15) is 9.90 Å². The van der Waals surface area contributed by atoms with Crippen LogP contribution in [0.2, 0.25) is 0 Å². The number of aryl methyl sites for hydroxylation is 1. The fourth-order valence-electron chi connectivity index (χ4n) is 2.18. The Balaban J connectivity index is 2.37. The molecule has 0 bridgehead atoms. The van der Waals surface area contributed by atoms with Gasteiger partial charge in [-0.3, -0.25) is 5.32 Å². The lowest BCUT2D eigenvalue weighted by Crippen LogP contribution is -2.46. The van der Waals surface area contributed by atoms with E-state index in [4.69, 9.17) is 4.74 Å². The highest BCUT2D eigenvalue weighted by Crippen LogP contribution is 2.31. The number of nitrogens with one attached hydrogen (secondary N) is 1. The molecular formula is C16H19NO3S. The average Bonchev–Trinajstić information content (AvgIpc) is 2.97. The molecule has 0 saturated carbocycles. The Kier molecular flexibility index (Phi) is 4.65. The highest BCUT2D eigenvalue weighted by Gasteiger charge is 2.37. The van der Waals surface area contributed by atoms with Crippen LogP contribution in [0.5, 0.6) is 5.75 Å². The summed E-state index contributed by atoms with van der Waals surface area (Å²) in [5.41, 5.74) is 0.423. The maximum absolute atomic E-state index is 11.8. The van der Waals surface area contributed by atoms with Gasteiger partial charge in [0.1, 0.15) is 11.3 Å². The van der Waals surface area contributed by atoms with Crippen LogP contribution in [0.25, 0.3) is 0 Å². The van der Waals surface area contributed by atoms with Crippen LogP contribution in [0, 0.1) is 6.92 Å². The largest absolute Gasteiger partial charge is 0.496 e. The SMILES string of the molecule is COc1ccc(C)cc1C(C)(NCc1cccs1)C(=O)O. The maximum Gasteiger partial charge on any atom is 0.328 e. The summed E-state index contributed by atoms with van der Waals surface area (Å²) < 4.78 is 5.33. The highest BCUT2D eigenvalue weighted by atomic mass is 32.1. The van der Waals surface area contributed by atoms with Crippen molar-refractivity contribution < 1.29 is 14.6 Å². The van der Waals surface area contributed by atoms with E-state index in [0.29, 0.717) is 17.9 Å². The minimum absolute atomic E-state index is 0.498. The smallest absolute Gasteiger partial charge is 0.328 e. The number of benzene rings is 1. The molecule has 1 atom stereocenters. The molecule has 0 fully saturated rings.